The van der Waals surface area contributed by atoms with Crippen molar-refractivity contribution in [3.05, 3.63) is 12.2 Å². The molecule has 4 unspecified atom stereocenters. The molecule has 0 saturated heterocycles. The molecule has 118 valence electrons. The van der Waals surface area contributed by atoms with E-state index in [0.717, 1.165) is 23.7 Å². The summed E-state index contributed by atoms with van der Waals surface area (Å²) >= 11 is 0. The lowest BCUT2D eigenvalue weighted by molar-refractivity contribution is -0.0599. The lowest BCUT2D eigenvalue weighted by Crippen LogP contribution is -2.48. The van der Waals surface area contributed by atoms with Crippen molar-refractivity contribution in [3.63, 3.8) is 0 Å². The third-order valence-electron chi connectivity index (χ3n) is 8.43. The second kappa shape index (κ2) is 5.14. The zero-order chi connectivity index (χ0) is 14.5. The van der Waals surface area contributed by atoms with E-state index in [9.17, 15) is 0 Å². The van der Waals surface area contributed by atoms with Crippen LogP contribution < -0.4 is 0 Å². The van der Waals surface area contributed by atoms with E-state index in [0.29, 0.717) is 10.8 Å². The molecule has 4 rings (SSSR count). The molecule has 0 amide bonds. The molecule has 0 aromatic heterocycles. The number of hydrogen-bond acceptors (Lipinski definition) is 0. The van der Waals surface area contributed by atoms with Gasteiger partial charge in [-0.15, -0.1) is 0 Å². The zero-order valence-electron chi connectivity index (χ0n) is 14.2. The van der Waals surface area contributed by atoms with Crippen LogP contribution in [0.4, 0.5) is 0 Å². The van der Waals surface area contributed by atoms with Crippen LogP contribution >= 0.6 is 0 Å². The first-order chi connectivity index (χ1) is 10.1. The molecular weight excluding hydrogens is 252 g/mol. The molecule has 6 atom stereocenters. The van der Waals surface area contributed by atoms with Crippen molar-refractivity contribution in [3.8, 4) is 0 Å². The van der Waals surface area contributed by atoms with Crippen molar-refractivity contribution in [2.45, 2.75) is 84.5 Å². The number of allylic oxidation sites excluding steroid dienone is 2. The summed E-state index contributed by atoms with van der Waals surface area (Å²) in [5.74, 6) is 4.03. The van der Waals surface area contributed by atoms with E-state index in [1.54, 1.807) is 12.8 Å². The standard InChI is InChI=1S/C21H34/c1-20-13-7-11-18(20)17-10-4-3-8-16-9-5-6-14-21(16,2)19(17)12-15-20/h3,8,16-19H,4-7,9-15H2,1-2H3/t16?,17?,18?,19?,20-,21-/m0/s1. The highest BCUT2D eigenvalue weighted by Crippen LogP contribution is 2.63. The molecule has 0 aromatic carbocycles. The van der Waals surface area contributed by atoms with Crippen LogP contribution in [0.1, 0.15) is 84.5 Å². The Balaban J connectivity index is 1.70. The molecule has 0 aliphatic heterocycles. The Morgan fingerprint density at radius 1 is 0.810 bits per heavy atom. The summed E-state index contributed by atoms with van der Waals surface area (Å²) in [6.45, 7) is 5.32. The zero-order valence-corrected chi connectivity index (χ0v) is 14.2. The molecule has 4 aliphatic rings. The summed E-state index contributed by atoms with van der Waals surface area (Å²) in [6.07, 6.45) is 21.6. The average molecular weight is 287 g/mol. The third-order valence-corrected chi connectivity index (χ3v) is 8.43. The number of rotatable bonds is 0. The van der Waals surface area contributed by atoms with Gasteiger partial charge in [-0.1, -0.05) is 45.3 Å². The van der Waals surface area contributed by atoms with Gasteiger partial charge in [0, 0.05) is 0 Å². The van der Waals surface area contributed by atoms with E-state index in [1.165, 1.54) is 57.8 Å². The van der Waals surface area contributed by atoms with Crippen molar-refractivity contribution < 1.29 is 0 Å². The summed E-state index contributed by atoms with van der Waals surface area (Å²) < 4.78 is 0. The van der Waals surface area contributed by atoms with Crippen LogP contribution in [0, 0.1) is 34.5 Å². The van der Waals surface area contributed by atoms with Crippen LogP contribution in [0.2, 0.25) is 0 Å². The van der Waals surface area contributed by atoms with Crippen LogP contribution in [0.15, 0.2) is 12.2 Å². The average Bonchev–Trinajstić information content (AvgIpc) is 2.85. The van der Waals surface area contributed by atoms with Gasteiger partial charge in [-0.2, -0.15) is 0 Å². The minimum atomic E-state index is 0.629. The lowest BCUT2D eigenvalue weighted by atomic mass is 9.48. The van der Waals surface area contributed by atoms with E-state index in [1.807, 2.05) is 0 Å². The van der Waals surface area contributed by atoms with Gasteiger partial charge in [-0.05, 0) is 85.9 Å². The summed E-state index contributed by atoms with van der Waals surface area (Å²) in [7, 11) is 0. The first kappa shape index (κ1) is 14.3. The van der Waals surface area contributed by atoms with Gasteiger partial charge in [0.1, 0.15) is 0 Å². The molecule has 3 fully saturated rings. The van der Waals surface area contributed by atoms with E-state index in [4.69, 9.17) is 0 Å². The second-order valence-corrected chi connectivity index (χ2v) is 9.33. The molecule has 0 N–H and O–H groups in total. The Morgan fingerprint density at radius 3 is 2.62 bits per heavy atom. The minimum Gasteiger partial charge on any atom is -0.0882 e. The van der Waals surface area contributed by atoms with Crippen molar-refractivity contribution in [2.24, 2.45) is 34.5 Å². The van der Waals surface area contributed by atoms with Crippen molar-refractivity contribution in [2.75, 3.05) is 0 Å². The highest BCUT2D eigenvalue weighted by molar-refractivity contribution is 5.09. The Labute approximate surface area is 131 Å². The van der Waals surface area contributed by atoms with Crippen LogP contribution in [-0.4, -0.2) is 0 Å². The molecule has 21 heavy (non-hydrogen) atoms. The monoisotopic (exact) mass is 286 g/mol. The van der Waals surface area contributed by atoms with E-state index >= 15 is 0 Å². The van der Waals surface area contributed by atoms with Gasteiger partial charge in [0.2, 0.25) is 0 Å². The Morgan fingerprint density at radius 2 is 1.71 bits per heavy atom. The quantitative estimate of drug-likeness (QED) is 0.454. The van der Waals surface area contributed by atoms with E-state index in [-0.39, 0.29) is 0 Å². The summed E-state index contributed by atoms with van der Waals surface area (Å²) in [6, 6.07) is 0. The first-order valence-electron chi connectivity index (χ1n) is 9.80. The summed E-state index contributed by atoms with van der Waals surface area (Å²) in [4.78, 5) is 0. The van der Waals surface area contributed by atoms with Crippen LogP contribution in [0.5, 0.6) is 0 Å². The molecule has 0 heteroatoms. The van der Waals surface area contributed by atoms with Crippen molar-refractivity contribution >= 4 is 0 Å². The van der Waals surface area contributed by atoms with Crippen molar-refractivity contribution in [1.82, 2.24) is 0 Å². The maximum absolute atomic E-state index is 2.68. The number of hydrogen-bond donors (Lipinski definition) is 0. The maximum atomic E-state index is 2.68. The maximum Gasteiger partial charge on any atom is -0.0177 e. The smallest absolute Gasteiger partial charge is 0.0177 e. The first-order valence-corrected chi connectivity index (χ1v) is 9.80. The fraction of sp³-hybridized carbons (Fsp3) is 0.905. The fourth-order valence-electron chi connectivity index (χ4n) is 7.21. The highest BCUT2D eigenvalue weighted by atomic mass is 14.6. The molecule has 0 heterocycles. The Hall–Kier alpha value is -0.260. The second-order valence-electron chi connectivity index (χ2n) is 9.33. The van der Waals surface area contributed by atoms with Crippen LogP contribution in [0.25, 0.3) is 0 Å². The minimum absolute atomic E-state index is 0.629. The summed E-state index contributed by atoms with van der Waals surface area (Å²) in [5.41, 5.74) is 1.34. The van der Waals surface area contributed by atoms with Gasteiger partial charge in [0.15, 0.2) is 0 Å². The molecule has 0 radical (unpaired) electrons. The lowest BCUT2D eigenvalue weighted by Gasteiger charge is -2.56. The van der Waals surface area contributed by atoms with E-state index < -0.39 is 0 Å². The Bertz CT molecular complexity index is 422. The van der Waals surface area contributed by atoms with Gasteiger partial charge in [-0.25, -0.2) is 0 Å². The number of fused-ring (bicyclic) bond motifs is 5. The molecule has 3 saturated carbocycles. The van der Waals surface area contributed by atoms with Crippen LogP contribution in [-0.2, 0) is 0 Å². The molecular formula is C21H34. The predicted molar refractivity (Wildman–Crippen MR) is 90.1 cm³/mol. The topological polar surface area (TPSA) is 0 Å². The van der Waals surface area contributed by atoms with Crippen molar-refractivity contribution in [1.29, 1.82) is 0 Å². The normalized spacial score (nSPS) is 53.2. The van der Waals surface area contributed by atoms with Gasteiger partial charge in [-0.3, -0.25) is 0 Å². The third kappa shape index (κ3) is 2.15. The van der Waals surface area contributed by atoms with Crippen LogP contribution in [0.3, 0.4) is 0 Å². The Kier molecular flexibility index (Phi) is 3.51. The molecule has 0 spiro atoms. The highest BCUT2D eigenvalue weighted by Gasteiger charge is 2.54. The van der Waals surface area contributed by atoms with E-state index in [2.05, 4.69) is 26.0 Å². The van der Waals surface area contributed by atoms with Gasteiger partial charge >= 0.3 is 0 Å². The van der Waals surface area contributed by atoms with Gasteiger partial charge in [0.25, 0.3) is 0 Å². The fourth-order valence-corrected chi connectivity index (χ4v) is 7.21. The predicted octanol–water partition coefficient (Wildman–Crippen LogP) is 6.37. The molecule has 0 nitrogen and oxygen atoms in total. The molecule has 0 bridgehead atoms. The van der Waals surface area contributed by atoms with Gasteiger partial charge < -0.3 is 0 Å². The molecule has 0 aromatic rings. The molecule has 4 aliphatic carbocycles. The van der Waals surface area contributed by atoms with Gasteiger partial charge in [0.05, 0.1) is 0 Å². The largest absolute Gasteiger partial charge is 0.0882 e. The summed E-state index contributed by atoms with van der Waals surface area (Å²) in [5, 5.41) is 0. The SMILES string of the molecule is C[C@@]12CCCC1C1CCC=CC3CCCC[C@]3(C)C1CC2.